The fourth-order valence-corrected chi connectivity index (χ4v) is 1.38. The van der Waals surface area contributed by atoms with Crippen molar-refractivity contribution >= 4 is 19.5 Å². The molecule has 2 atom stereocenters. The van der Waals surface area contributed by atoms with E-state index >= 15 is 0 Å². The number of rotatable bonds is 6. The molecule has 7 nitrogen and oxygen atoms in total. The Morgan fingerprint density at radius 3 is 2.21 bits per heavy atom. The van der Waals surface area contributed by atoms with Crippen LogP contribution < -0.4 is 0 Å². The molecule has 0 radical (unpaired) electrons. The van der Waals surface area contributed by atoms with Gasteiger partial charge in [-0.25, -0.2) is 4.79 Å². The highest BCUT2D eigenvalue weighted by Gasteiger charge is 2.26. The van der Waals surface area contributed by atoms with Crippen LogP contribution in [0.4, 0.5) is 0 Å². The second-order valence-corrected chi connectivity index (χ2v) is 4.48. The van der Waals surface area contributed by atoms with Gasteiger partial charge in [-0.1, -0.05) is 0 Å². The Kier molecular flexibility index (Phi) is 4.76. The van der Waals surface area contributed by atoms with Crippen LogP contribution >= 0.6 is 7.60 Å². The lowest BCUT2D eigenvalue weighted by molar-refractivity contribution is -0.146. The van der Waals surface area contributed by atoms with Crippen LogP contribution in [0.3, 0.4) is 0 Å². The highest BCUT2D eigenvalue weighted by atomic mass is 31.2. The summed E-state index contributed by atoms with van der Waals surface area (Å²) in [5, 5.41) is 16.8. The van der Waals surface area contributed by atoms with E-state index in [0.29, 0.717) is 0 Å². The molecule has 0 heterocycles. The van der Waals surface area contributed by atoms with E-state index in [4.69, 9.17) is 15.1 Å². The number of carboxylic acid groups (broad SMARTS) is 2. The summed E-state index contributed by atoms with van der Waals surface area (Å²) in [6.45, 7) is 0.837. The predicted octanol–water partition coefficient (Wildman–Crippen LogP) is 0.136. The van der Waals surface area contributed by atoms with Gasteiger partial charge in [-0.05, 0) is 6.42 Å². The molecule has 0 spiro atoms. The van der Waals surface area contributed by atoms with E-state index in [2.05, 4.69) is 4.52 Å². The summed E-state index contributed by atoms with van der Waals surface area (Å²) in [5.41, 5.74) is 0. The van der Waals surface area contributed by atoms with Gasteiger partial charge in [0.05, 0.1) is 0 Å². The third-order valence-corrected chi connectivity index (χ3v) is 1.86. The Bertz CT molecular complexity index is 267. The SMILES string of the molecule is CP(=O)(O)OC(CCC(=O)O)C(=O)O. The van der Waals surface area contributed by atoms with Crippen LogP contribution in [-0.4, -0.2) is 39.8 Å². The Morgan fingerprint density at radius 1 is 1.43 bits per heavy atom. The zero-order chi connectivity index (χ0) is 11.4. The van der Waals surface area contributed by atoms with Crippen molar-refractivity contribution in [2.75, 3.05) is 6.66 Å². The van der Waals surface area contributed by atoms with Crippen LogP contribution in [0.1, 0.15) is 12.8 Å². The number of carboxylic acids is 2. The van der Waals surface area contributed by atoms with Crippen LogP contribution in [0, 0.1) is 0 Å². The topological polar surface area (TPSA) is 121 Å². The molecule has 8 heteroatoms. The van der Waals surface area contributed by atoms with Crippen LogP contribution in [-0.2, 0) is 18.7 Å². The summed E-state index contributed by atoms with van der Waals surface area (Å²) in [7, 11) is -3.91. The van der Waals surface area contributed by atoms with Crippen LogP contribution in [0.15, 0.2) is 0 Å². The van der Waals surface area contributed by atoms with Crippen LogP contribution in [0.5, 0.6) is 0 Å². The molecule has 0 fully saturated rings. The van der Waals surface area contributed by atoms with E-state index in [1.165, 1.54) is 0 Å². The second-order valence-electron chi connectivity index (χ2n) is 2.67. The van der Waals surface area contributed by atoms with E-state index in [9.17, 15) is 14.2 Å². The number of aliphatic carboxylic acids is 2. The lowest BCUT2D eigenvalue weighted by atomic mass is 10.2. The van der Waals surface area contributed by atoms with E-state index in [1.54, 1.807) is 0 Å². The molecule has 0 aliphatic heterocycles. The quantitative estimate of drug-likeness (QED) is 0.550. The molecule has 82 valence electrons. The standard InChI is InChI=1S/C6H11O7P/c1-14(11,12)13-4(6(9)10)2-3-5(7)8/h4H,2-3H2,1H3,(H,7,8)(H,9,10)(H,11,12). The summed E-state index contributed by atoms with van der Waals surface area (Å²) in [6.07, 6.45) is -2.34. The van der Waals surface area contributed by atoms with Crippen LogP contribution in [0.25, 0.3) is 0 Å². The minimum absolute atomic E-state index is 0.344. The Hall–Kier alpha value is -0.910. The zero-order valence-corrected chi connectivity index (χ0v) is 8.31. The molecule has 0 aliphatic rings. The minimum Gasteiger partial charge on any atom is -0.481 e. The van der Waals surface area contributed by atoms with Gasteiger partial charge in [0.1, 0.15) is 0 Å². The van der Waals surface area contributed by atoms with Crippen molar-refractivity contribution in [2.24, 2.45) is 0 Å². The molecule has 0 aromatic heterocycles. The third kappa shape index (κ3) is 6.59. The van der Waals surface area contributed by atoms with Gasteiger partial charge in [0, 0.05) is 13.1 Å². The first-order chi connectivity index (χ1) is 6.22. The molecule has 0 amide bonds. The highest BCUT2D eigenvalue weighted by molar-refractivity contribution is 7.51. The zero-order valence-electron chi connectivity index (χ0n) is 7.41. The number of hydrogen-bond acceptors (Lipinski definition) is 4. The second kappa shape index (κ2) is 5.09. The fraction of sp³-hybridized carbons (Fsp3) is 0.667. The molecule has 0 aromatic rings. The summed E-state index contributed by atoms with van der Waals surface area (Å²) in [4.78, 5) is 29.3. The van der Waals surface area contributed by atoms with Crippen molar-refractivity contribution in [3.63, 3.8) is 0 Å². The summed E-state index contributed by atoms with van der Waals surface area (Å²) < 4.78 is 15.0. The van der Waals surface area contributed by atoms with Gasteiger partial charge < -0.3 is 15.1 Å². The molecule has 0 bridgehead atoms. The molecule has 3 N–H and O–H groups in total. The van der Waals surface area contributed by atoms with E-state index in [0.717, 1.165) is 6.66 Å². The summed E-state index contributed by atoms with van der Waals surface area (Å²) >= 11 is 0. The van der Waals surface area contributed by atoms with Gasteiger partial charge in [-0.15, -0.1) is 0 Å². The monoisotopic (exact) mass is 226 g/mol. The van der Waals surface area contributed by atoms with Crippen molar-refractivity contribution in [3.05, 3.63) is 0 Å². The molecule has 0 aliphatic carbocycles. The largest absolute Gasteiger partial charge is 0.481 e. The van der Waals surface area contributed by atoms with E-state index < -0.39 is 32.1 Å². The van der Waals surface area contributed by atoms with Crippen molar-refractivity contribution in [2.45, 2.75) is 18.9 Å². The molecular weight excluding hydrogens is 215 g/mol. The Labute approximate surface area is 79.8 Å². The van der Waals surface area contributed by atoms with Gasteiger partial charge in [0.25, 0.3) is 0 Å². The molecule has 0 rings (SSSR count). The first-order valence-electron chi connectivity index (χ1n) is 3.65. The van der Waals surface area contributed by atoms with E-state index in [-0.39, 0.29) is 6.42 Å². The number of carbonyl (C=O) groups is 2. The van der Waals surface area contributed by atoms with Gasteiger partial charge >= 0.3 is 19.5 Å². The molecule has 0 saturated heterocycles. The maximum absolute atomic E-state index is 10.7. The third-order valence-electron chi connectivity index (χ3n) is 1.22. The summed E-state index contributed by atoms with van der Waals surface area (Å²) in [6, 6.07) is 0. The lowest BCUT2D eigenvalue weighted by Crippen LogP contribution is -2.23. The molecular formula is C6H11O7P. The highest BCUT2D eigenvalue weighted by Crippen LogP contribution is 2.39. The normalized spacial score (nSPS) is 17.0. The first kappa shape index (κ1) is 13.1. The fourth-order valence-electron chi connectivity index (χ4n) is 0.712. The maximum Gasteiger partial charge on any atom is 0.333 e. The molecule has 0 saturated carbocycles. The molecule has 2 unspecified atom stereocenters. The van der Waals surface area contributed by atoms with Gasteiger partial charge in [-0.2, -0.15) is 0 Å². The Morgan fingerprint density at radius 2 is 1.93 bits per heavy atom. The van der Waals surface area contributed by atoms with Gasteiger partial charge in [-0.3, -0.25) is 13.9 Å². The number of hydrogen-bond donors (Lipinski definition) is 3. The van der Waals surface area contributed by atoms with Crippen LogP contribution in [0.2, 0.25) is 0 Å². The smallest absolute Gasteiger partial charge is 0.333 e. The molecule has 14 heavy (non-hydrogen) atoms. The van der Waals surface area contributed by atoms with Crippen molar-refractivity contribution < 1.29 is 33.8 Å². The van der Waals surface area contributed by atoms with Crippen molar-refractivity contribution in [1.29, 1.82) is 0 Å². The maximum atomic E-state index is 10.7. The van der Waals surface area contributed by atoms with Crippen molar-refractivity contribution in [3.8, 4) is 0 Å². The predicted molar refractivity (Wildman–Crippen MR) is 45.1 cm³/mol. The average molecular weight is 226 g/mol. The summed E-state index contributed by atoms with van der Waals surface area (Å²) in [5.74, 6) is -2.65. The van der Waals surface area contributed by atoms with Crippen molar-refractivity contribution in [1.82, 2.24) is 0 Å². The van der Waals surface area contributed by atoms with Gasteiger partial charge in [0.15, 0.2) is 6.10 Å². The molecule has 0 aromatic carbocycles. The average Bonchev–Trinajstić information content (AvgIpc) is 1.94. The van der Waals surface area contributed by atoms with Gasteiger partial charge in [0.2, 0.25) is 0 Å². The first-order valence-corrected chi connectivity index (χ1v) is 5.68. The Balaban J connectivity index is 4.24. The lowest BCUT2D eigenvalue weighted by Gasteiger charge is -2.13. The minimum atomic E-state index is -3.91. The van der Waals surface area contributed by atoms with E-state index in [1.807, 2.05) is 0 Å².